The van der Waals surface area contributed by atoms with Crippen LogP contribution in [0, 0.1) is 0 Å². The number of esters is 1. The zero-order valence-electron chi connectivity index (χ0n) is 14.0. The van der Waals surface area contributed by atoms with Crippen molar-refractivity contribution < 1.29 is 9.53 Å². The molecule has 1 aromatic rings. The Morgan fingerprint density at radius 3 is 2.59 bits per heavy atom. The van der Waals surface area contributed by atoms with Crippen molar-refractivity contribution >= 4 is 17.6 Å². The summed E-state index contributed by atoms with van der Waals surface area (Å²) in [4.78, 5) is 11.8. The van der Waals surface area contributed by atoms with E-state index in [1.165, 1.54) is 6.42 Å². The third-order valence-corrected chi connectivity index (χ3v) is 4.34. The molecule has 2 N–H and O–H groups in total. The fourth-order valence-electron chi connectivity index (χ4n) is 2.75. The van der Waals surface area contributed by atoms with Crippen molar-refractivity contribution in [3.05, 3.63) is 34.3 Å². The first kappa shape index (κ1) is 19.0. The van der Waals surface area contributed by atoms with Crippen LogP contribution in [0.3, 0.4) is 0 Å². The number of hydrogen-bond donors (Lipinski definition) is 1. The second-order valence-corrected chi connectivity index (χ2v) is 6.19. The largest absolute Gasteiger partial charge is 0.466 e. The summed E-state index contributed by atoms with van der Waals surface area (Å²) in [5.41, 5.74) is 8.15. The van der Waals surface area contributed by atoms with E-state index in [9.17, 15) is 4.79 Å². The molecule has 3 nitrogen and oxygen atoms in total. The second kappa shape index (κ2) is 9.16. The molecule has 124 valence electrons. The van der Waals surface area contributed by atoms with Crippen molar-refractivity contribution in [2.75, 3.05) is 6.61 Å². The normalized spacial score (nSPS) is 13.7. The number of carbonyl (C=O) groups is 1. The molecule has 0 aliphatic carbocycles. The molecule has 0 radical (unpaired) electrons. The van der Waals surface area contributed by atoms with E-state index >= 15 is 0 Å². The number of carbonyl (C=O) groups excluding carboxylic acids is 1. The SMILES string of the molecule is CCCCCC(N)(CC)c1ccc(Cl)cc1CC(=O)OCC. The van der Waals surface area contributed by atoms with Crippen molar-refractivity contribution in [2.24, 2.45) is 5.73 Å². The van der Waals surface area contributed by atoms with E-state index in [2.05, 4.69) is 13.8 Å². The van der Waals surface area contributed by atoms with Crippen molar-refractivity contribution in [1.82, 2.24) is 0 Å². The quantitative estimate of drug-likeness (QED) is 0.533. The third kappa shape index (κ3) is 5.29. The zero-order valence-corrected chi connectivity index (χ0v) is 14.7. The van der Waals surface area contributed by atoms with Gasteiger partial charge < -0.3 is 10.5 Å². The first-order valence-electron chi connectivity index (χ1n) is 8.20. The van der Waals surface area contributed by atoms with Crippen molar-refractivity contribution in [3.63, 3.8) is 0 Å². The van der Waals surface area contributed by atoms with E-state index in [0.717, 1.165) is 36.8 Å². The van der Waals surface area contributed by atoms with Crippen molar-refractivity contribution in [1.29, 1.82) is 0 Å². The minimum Gasteiger partial charge on any atom is -0.466 e. The number of halogens is 1. The summed E-state index contributed by atoms with van der Waals surface area (Å²) in [7, 11) is 0. The van der Waals surface area contributed by atoms with Crippen LogP contribution in [-0.4, -0.2) is 12.6 Å². The summed E-state index contributed by atoms with van der Waals surface area (Å²) in [5, 5.41) is 0.620. The van der Waals surface area contributed by atoms with Gasteiger partial charge in [-0.2, -0.15) is 0 Å². The molecule has 0 aliphatic heterocycles. The molecule has 0 saturated carbocycles. The van der Waals surface area contributed by atoms with E-state index in [1.54, 1.807) is 6.92 Å². The molecule has 0 bridgehead atoms. The summed E-state index contributed by atoms with van der Waals surface area (Å²) in [6.07, 6.45) is 5.37. The van der Waals surface area contributed by atoms with Crippen LogP contribution in [0.15, 0.2) is 18.2 Å². The Labute approximate surface area is 139 Å². The van der Waals surface area contributed by atoms with Gasteiger partial charge >= 0.3 is 5.97 Å². The zero-order chi connectivity index (χ0) is 16.6. The van der Waals surface area contributed by atoms with Gasteiger partial charge in [0.1, 0.15) is 0 Å². The molecule has 0 amide bonds. The standard InChI is InChI=1S/C18H28ClNO2/c1-4-7-8-11-18(20,5-2)16-10-9-15(19)12-14(16)13-17(21)22-6-3/h9-10,12H,4-8,11,13,20H2,1-3H3. The van der Waals surface area contributed by atoms with Crippen LogP contribution in [0.2, 0.25) is 5.02 Å². The monoisotopic (exact) mass is 325 g/mol. The average Bonchev–Trinajstić information content (AvgIpc) is 2.47. The van der Waals surface area contributed by atoms with E-state index in [4.69, 9.17) is 22.1 Å². The van der Waals surface area contributed by atoms with Gasteiger partial charge in [-0.15, -0.1) is 0 Å². The number of benzene rings is 1. The van der Waals surface area contributed by atoms with Gasteiger partial charge in [-0.1, -0.05) is 50.8 Å². The van der Waals surface area contributed by atoms with Crippen LogP contribution in [0.5, 0.6) is 0 Å². The molecule has 0 saturated heterocycles. The number of hydrogen-bond acceptors (Lipinski definition) is 3. The molecule has 0 spiro atoms. The fourth-order valence-corrected chi connectivity index (χ4v) is 2.95. The van der Waals surface area contributed by atoms with Crippen LogP contribution in [0.4, 0.5) is 0 Å². The highest BCUT2D eigenvalue weighted by molar-refractivity contribution is 6.30. The lowest BCUT2D eigenvalue weighted by Gasteiger charge is -2.31. The Balaban J connectivity index is 3.06. The van der Waals surface area contributed by atoms with E-state index in [1.807, 2.05) is 18.2 Å². The van der Waals surface area contributed by atoms with Crippen LogP contribution in [-0.2, 0) is 21.5 Å². The highest BCUT2D eigenvalue weighted by Crippen LogP contribution is 2.32. The molecule has 1 aromatic carbocycles. The lowest BCUT2D eigenvalue weighted by molar-refractivity contribution is -0.142. The first-order chi connectivity index (χ1) is 10.5. The van der Waals surface area contributed by atoms with Gasteiger partial charge in [0.2, 0.25) is 0 Å². The topological polar surface area (TPSA) is 52.3 Å². The number of nitrogens with two attached hydrogens (primary N) is 1. The minimum absolute atomic E-state index is 0.219. The Bertz CT molecular complexity index is 490. The Morgan fingerprint density at radius 2 is 2.00 bits per heavy atom. The maximum atomic E-state index is 11.8. The number of ether oxygens (including phenoxy) is 1. The average molecular weight is 326 g/mol. The molecule has 0 aliphatic rings. The molecule has 0 heterocycles. The van der Waals surface area contributed by atoms with Crippen LogP contribution in [0.1, 0.15) is 64.0 Å². The second-order valence-electron chi connectivity index (χ2n) is 5.75. The maximum Gasteiger partial charge on any atom is 0.310 e. The highest BCUT2D eigenvalue weighted by Gasteiger charge is 2.28. The van der Waals surface area contributed by atoms with Crippen LogP contribution < -0.4 is 5.73 Å². The molecule has 0 fully saturated rings. The van der Waals surface area contributed by atoms with Gasteiger partial charge in [-0.05, 0) is 43.0 Å². The fraction of sp³-hybridized carbons (Fsp3) is 0.611. The predicted octanol–water partition coefficient (Wildman–Crippen LogP) is 4.59. The Morgan fingerprint density at radius 1 is 1.27 bits per heavy atom. The summed E-state index contributed by atoms with van der Waals surface area (Å²) in [5.74, 6) is -0.238. The van der Waals surface area contributed by atoms with Gasteiger partial charge in [0.05, 0.1) is 13.0 Å². The van der Waals surface area contributed by atoms with Crippen LogP contribution >= 0.6 is 11.6 Å². The van der Waals surface area contributed by atoms with Crippen molar-refractivity contribution in [2.45, 2.75) is 64.8 Å². The molecule has 1 unspecified atom stereocenters. The Kier molecular flexibility index (Phi) is 7.91. The maximum absolute atomic E-state index is 11.8. The summed E-state index contributed by atoms with van der Waals surface area (Å²) >= 11 is 6.10. The van der Waals surface area contributed by atoms with E-state index < -0.39 is 5.54 Å². The molecular formula is C18H28ClNO2. The van der Waals surface area contributed by atoms with Gasteiger partial charge in [-0.25, -0.2) is 0 Å². The molecular weight excluding hydrogens is 298 g/mol. The molecule has 22 heavy (non-hydrogen) atoms. The summed E-state index contributed by atoms with van der Waals surface area (Å²) in [6, 6.07) is 5.65. The number of unbranched alkanes of at least 4 members (excludes halogenated alkanes) is 2. The third-order valence-electron chi connectivity index (χ3n) is 4.10. The molecule has 1 rings (SSSR count). The first-order valence-corrected chi connectivity index (χ1v) is 8.58. The Hall–Kier alpha value is -1.06. The van der Waals surface area contributed by atoms with Gasteiger partial charge in [0.15, 0.2) is 0 Å². The van der Waals surface area contributed by atoms with Gasteiger partial charge in [0, 0.05) is 10.6 Å². The lowest BCUT2D eigenvalue weighted by Crippen LogP contribution is -2.37. The van der Waals surface area contributed by atoms with Gasteiger partial charge in [0.25, 0.3) is 0 Å². The van der Waals surface area contributed by atoms with Crippen molar-refractivity contribution in [3.8, 4) is 0 Å². The number of rotatable bonds is 9. The summed E-state index contributed by atoms with van der Waals surface area (Å²) < 4.78 is 5.06. The lowest BCUT2D eigenvalue weighted by atomic mass is 9.80. The highest BCUT2D eigenvalue weighted by atomic mass is 35.5. The molecule has 0 aromatic heterocycles. The van der Waals surface area contributed by atoms with Crippen LogP contribution in [0.25, 0.3) is 0 Å². The van der Waals surface area contributed by atoms with Gasteiger partial charge in [-0.3, -0.25) is 4.79 Å². The predicted molar refractivity (Wildman–Crippen MR) is 92.1 cm³/mol. The minimum atomic E-state index is -0.415. The van der Waals surface area contributed by atoms with E-state index in [-0.39, 0.29) is 12.4 Å². The molecule has 1 atom stereocenters. The van der Waals surface area contributed by atoms with E-state index in [0.29, 0.717) is 11.6 Å². The summed E-state index contributed by atoms with van der Waals surface area (Å²) in [6.45, 7) is 6.46. The smallest absolute Gasteiger partial charge is 0.310 e. The molecule has 4 heteroatoms.